The van der Waals surface area contributed by atoms with E-state index >= 15 is 0 Å². The largest absolute Gasteiger partial charge is 0.493 e. The number of methoxy groups -OCH3 is 2. The summed E-state index contributed by atoms with van der Waals surface area (Å²) in [6.07, 6.45) is 1.86. The number of carbonyl (C=O) groups is 1. The van der Waals surface area contributed by atoms with E-state index in [2.05, 4.69) is 0 Å². The van der Waals surface area contributed by atoms with E-state index in [1.165, 1.54) is 14.2 Å². The van der Waals surface area contributed by atoms with Gasteiger partial charge in [0.15, 0.2) is 11.5 Å². The molecule has 9 heteroatoms. The highest BCUT2D eigenvalue weighted by Gasteiger charge is 2.57. The third kappa shape index (κ3) is 2.65. The lowest BCUT2D eigenvalue weighted by molar-refractivity contribution is -0.149. The van der Waals surface area contributed by atoms with Crippen LogP contribution in [0.4, 0.5) is 4.39 Å². The van der Waals surface area contributed by atoms with E-state index in [1.807, 2.05) is 0 Å². The van der Waals surface area contributed by atoms with Gasteiger partial charge in [0.1, 0.15) is 10.7 Å². The number of carboxylic acid groups (broad SMARTS) is 1. The number of fused-ring (bicyclic) bond motifs is 1. The van der Waals surface area contributed by atoms with E-state index in [1.54, 1.807) is 0 Å². The first-order valence-corrected chi connectivity index (χ1v) is 9.35. The number of hydrogen-bond acceptors (Lipinski definition) is 5. The van der Waals surface area contributed by atoms with Crippen molar-refractivity contribution < 1.29 is 32.2 Å². The fourth-order valence-electron chi connectivity index (χ4n) is 3.95. The van der Waals surface area contributed by atoms with Crippen LogP contribution in [0, 0.1) is 17.2 Å². The Bertz CT molecular complexity index is 811. The van der Waals surface area contributed by atoms with Crippen LogP contribution in [0.25, 0.3) is 0 Å². The third-order valence-corrected chi connectivity index (χ3v) is 7.15. The fraction of sp³-hybridized carbons (Fsp3) is 0.562. The summed E-state index contributed by atoms with van der Waals surface area (Å²) >= 11 is 0. The Morgan fingerprint density at radius 2 is 1.96 bits per heavy atom. The summed E-state index contributed by atoms with van der Waals surface area (Å²) in [5.41, 5.74) is -1.07. The van der Waals surface area contributed by atoms with Gasteiger partial charge in [0.2, 0.25) is 10.0 Å². The van der Waals surface area contributed by atoms with Gasteiger partial charge in [0.25, 0.3) is 0 Å². The Labute approximate surface area is 145 Å². The Balaban J connectivity index is 2.00. The number of rotatable bonds is 5. The molecule has 3 rings (SSSR count). The number of ether oxygens (including phenoxy) is 2. The van der Waals surface area contributed by atoms with Gasteiger partial charge in [-0.1, -0.05) is 6.42 Å². The minimum Gasteiger partial charge on any atom is -0.493 e. The molecule has 2 atom stereocenters. The predicted octanol–water partition coefficient (Wildman–Crippen LogP) is 1.72. The van der Waals surface area contributed by atoms with Crippen LogP contribution >= 0.6 is 0 Å². The third-order valence-electron chi connectivity index (χ3n) is 5.32. The second-order valence-electron chi connectivity index (χ2n) is 6.49. The molecule has 1 heterocycles. The van der Waals surface area contributed by atoms with Crippen molar-refractivity contribution in [3.63, 3.8) is 0 Å². The summed E-state index contributed by atoms with van der Waals surface area (Å²) in [7, 11) is -1.53. The quantitative estimate of drug-likeness (QED) is 0.845. The average Bonchev–Trinajstić information content (AvgIpc) is 3.12. The van der Waals surface area contributed by atoms with Gasteiger partial charge in [-0.25, -0.2) is 12.8 Å². The molecule has 1 saturated carbocycles. The molecular weight excluding hydrogens is 353 g/mol. The molecule has 0 spiro atoms. The SMILES string of the molecule is COc1cc(F)c(S(=O)(=O)N2C[C@@H]3CCC[C@@]3(C(=O)O)C2)cc1OC. The molecule has 25 heavy (non-hydrogen) atoms. The molecule has 0 aromatic heterocycles. The van der Waals surface area contributed by atoms with Crippen LogP contribution in [-0.2, 0) is 14.8 Å². The fourth-order valence-corrected chi connectivity index (χ4v) is 5.56. The number of benzene rings is 1. The molecule has 0 unspecified atom stereocenters. The summed E-state index contributed by atoms with van der Waals surface area (Å²) in [5.74, 6) is -2.02. The summed E-state index contributed by atoms with van der Waals surface area (Å²) < 4.78 is 51.3. The van der Waals surface area contributed by atoms with E-state index < -0.39 is 32.1 Å². The lowest BCUT2D eigenvalue weighted by Gasteiger charge is -2.23. The first-order valence-electron chi connectivity index (χ1n) is 7.91. The number of carboxylic acids is 1. The molecule has 1 aromatic rings. The predicted molar refractivity (Wildman–Crippen MR) is 85.7 cm³/mol. The van der Waals surface area contributed by atoms with Crippen molar-refractivity contribution >= 4 is 16.0 Å². The molecule has 0 bridgehead atoms. The first kappa shape index (κ1) is 17.9. The monoisotopic (exact) mass is 373 g/mol. The van der Waals surface area contributed by atoms with Gasteiger partial charge in [-0.15, -0.1) is 0 Å². The molecule has 2 aliphatic rings. The zero-order valence-electron chi connectivity index (χ0n) is 14.0. The van der Waals surface area contributed by atoms with Crippen LogP contribution < -0.4 is 9.47 Å². The van der Waals surface area contributed by atoms with Crippen LogP contribution in [0.2, 0.25) is 0 Å². The smallest absolute Gasteiger partial charge is 0.311 e. The summed E-state index contributed by atoms with van der Waals surface area (Å²) in [6, 6.07) is 2.03. The van der Waals surface area contributed by atoms with Crippen molar-refractivity contribution in [2.75, 3.05) is 27.3 Å². The molecule has 1 aliphatic heterocycles. The highest BCUT2D eigenvalue weighted by Crippen LogP contribution is 2.50. The summed E-state index contributed by atoms with van der Waals surface area (Å²) in [6.45, 7) is -0.0501. The van der Waals surface area contributed by atoms with Crippen LogP contribution in [0.1, 0.15) is 19.3 Å². The number of nitrogens with zero attached hydrogens (tertiary/aromatic N) is 1. The van der Waals surface area contributed by atoms with Gasteiger partial charge in [0, 0.05) is 25.2 Å². The van der Waals surface area contributed by atoms with Crippen LogP contribution in [0.3, 0.4) is 0 Å². The van der Waals surface area contributed by atoms with E-state index in [4.69, 9.17) is 9.47 Å². The van der Waals surface area contributed by atoms with Crippen molar-refractivity contribution in [3.05, 3.63) is 17.9 Å². The second kappa shape index (κ2) is 6.14. The molecule has 1 aliphatic carbocycles. The van der Waals surface area contributed by atoms with Crippen molar-refractivity contribution in [2.24, 2.45) is 11.3 Å². The minimum atomic E-state index is -4.18. The average molecular weight is 373 g/mol. The number of hydrogen-bond donors (Lipinski definition) is 1. The highest BCUT2D eigenvalue weighted by molar-refractivity contribution is 7.89. The Morgan fingerprint density at radius 3 is 2.52 bits per heavy atom. The maximum Gasteiger partial charge on any atom is 0.311 e. The molecule has 138 valence electrons. The van der Waals surface area contributed by atoms with Gasteiger partial charge in [-0.3, -0.25) is 4.79 Å². The molecule has 2 fully saturated rings. The molecule has 0 amide bonds. The van der Waals surface area contributed by atoms with E-state index in [-0.39, 0.29) is 30.5 Å². The normalized spacial score (nSPS) is 26.4. The van der Waals surface area contributed by atoms with Crippen molar-refractivity contribution in [2.45, 2.75) is 24.2 Å². The Morgan fingerprint density at radius 1 is 1.32 bits per heavy atom. The summed E-state index contributed by atoms with van der Waals surface area (Å²) in [5, 5.41) is 9.60. The lowest BCUT2D eigenvalue weighted by Crippen LogP contribution is -2.37. The highest BCUT2D eigenvalue weighted by atomic mass is 32.2. The number of sulfonamides is 1. The zero-order chi connectivity index (χ0) is 18.4. The Hall–Kier alpha value is -1.87. The van der Waals surface area contributed by atoms with Crippen LogP contribution in [0.15, 0.2) is 17.0 Å². The van der Waals surface area contributed by atoms with Gasteiger partial charge >= 0.3 is 5.97 Å². The molecule has 0 radical (unpaired) electrons. The molecule has 1 saturated heterocycles. The van der Waals surface area contributed by atoms with Crippen LogP contribution in [0.5, 0.6) is 11.5 Å². The zero-order valence-corrected chi connectivity index (χ0v) is 14.8. The Kier molecular flexibility index (Phi) is 4.40. The van der Waals surface area contributed by atoms with Gasteiger partial charge in [-0.2, -0.15) is 4.31 Å². The van der Waals surface area contributed by atoms with Gasteiger partial charge in [-0.05, 0) is 18.8 Å². The minimum absolute atomic E-state index is 0.0826. The van der Waals surface area contributed by atoms with Gasteiger partial charge in [0.05, 0.1) is 19.6 Å². The van der Waals surface area contributed by atoms with E-state index in [0.717, 1.165) is 22.9 Å². The molecular formula is C16H20FNO6S. The van der Waals surface area contributed by atoms with Crippen molar-refractivity contribution in [1.82, 2.24) is 4.31 Å². The van der Waals surface area contributed by atoms with Crippen molar-refractivity contribution in [1.29, 1.82) is 0 Å². The molecule has 1 N–H and O–H groups in total. The number of halogens is 1. The van der Waals surface area contributed by atoms with E-state index in [9.17, 15) is 22.7 Å². The number of aliphatic carboxylic acids is 1. The van der Waals surface area contributed by atoms with Crippen molar-refractivity contribution in [3.8, 4) is 11.5 Å². The maximum atomic E-state index is 14.4. The molecule has 7 nitrogen and oxygen atoms in total. The topological polar surface area (TPSA) is 93.1 Å². The lowest BCUT2D eigenvalue weighted by atomic mass is 9.81. The second-order valence-corrected chi connectivity index (χ2v) is 8.39. The molecule has 1 aromatic carbocycles. The summed E-state index contributed by atoms with van der Waals surface area (Å²) in [4.78, 5) is 11.2. The maximum absolute atomic E-state index is 14.4. The van der Waals surface area contributed by atoms with Gasteiger partial charge < -0.3 is 14.6 Å². The first-order chi connectivity index (χ1) is 11.8. The standard InChI is InChI=1S/C16H20FNO6S/c1-23-12-6-11(17)14(7-13(12)24-2)25(21,22)18-8-10-4-3-5-16(10,9-18)15(19)20/h6-7,10H,3-5,8-9H2,1-2H3,(H,19,20)/t10-,16+/m0/s1. The van der Waals surface area contributed by atoms with E-state index in [0.29, 0.717) is 12.8 Å². The van der Waals surface area contributed by atoms with Crippen LogP contribution in [-0.4, -0.2) is 51.1 Å².